The van der Waals surface area contributed by atoms with Gasteiger partial charge in [-0.1, -0.05) is 24.3 Å². The quantitative estimate of drug-likeness (QED) is 0.473. The van der Waals surface area contributed by atoms with Gasteiger partial charge in [-0.2, -0.15) is 0 Å². The predicted molar refractivity (Wildman–Crippen MR) is 150 cm³/mol. The van der Waals surface area contributed by atoms with Crippen molar-refractivity contribution in [2.24, 2.45) is 0 Å². The highest BCUT2D eigenvalue weighted by atomic mass is 32.2. The van der Waals surface area contributed by atoms with Crippen molar-refractivity contribution in [3.05, 3.63) is 76.6 Å². The summed E-state index contributed by atoms with van der Waals surface area (Å²) in [5, 5.41) is 3.04. The second kappa shape index (κ2) is 10.8. The van der Waals surface area contributed by atoms with Crippen LogP contribution in [0, 0.1) is 0 Å². The number of anilines is 3. The van der Waals surface area contributed by atoms with Crippen LogP contribution in [0.5, 0.6) is 0 Å². The Kier molecular flexibility index (Phi) is 7.49. The zero-order chi connectivity index (χ0) is 26.0. The van der Waals surface area contributed by atoms with Crippen LogP contribution >= 0.6 is 0 Å². The van der Waals surface area contributed by atoms with E-state index < -0.39 is 9.84 Å². The molecule has 37 heavy (non-hydrogen) atoms. The molecular formula is C29H37N5O2S. The average molecular weight is 520 g/mol. The maximum Gasteiger partial charge on any atom is 0.227 e. The van der Waals surface area contributed by atoms with Crippen molar-refractivity contribution >= 4 is 27.2 Å². The van der Waals surface area contributed by atoms with E-state index in [1.165, 1.54) is 11.3 Å². The van der Waals surface area contributed by atoms with E-state index in [4.69, 9.17) is 9.97 Å². The molecule has 0 spiro atoms. The van der Waals surface area contributed by atoms with Crippen LogP contribution < -0.4 is 10.2 Å². The standard InChI is InChI=1S/C29H37N5O2S/c1-21(2)37(35,36)20-23-7-4-6-22(18-23)19-28-26-8-5-9-27(26)31-29(32-28)30-24-10-12-25(13-11-24)34-16-14-33(3)15-17-34/h4,6-7,10-13,18,21H,5,8-9,14-17,19-20H2,1-3H3,(H,30,31,32). The number of nitrogens with one attached hydrogen (secondary N) is 1. The van der Waals surface area contributed by atoms with Crippen molar-refractivity contribution < 1.29 is 8.42 Å². The Morgan fingerprint density at radius 3 is 2.41 bits per heavy atom. The third kappa shape index (κ3) is 6.13. The molecule has 1 N–H and O–H groups in total. The number of aromatic nitrogens is 2. The number of hydrogen-bond donors (Lipinski definition) is 1. The van der Waals surface area contributed by atoms with Crippen LogP contribution in [-0.2, 0) is 34.9 Å². The topological polar surface area (TPSA) is 78.4 Å². The van der Waals surface area contributed by atoms with Crippen LogP contribution in [0.2, 0.25) is 0 Å². The second-order valence-electron chi connectivity index (χ2n) is 10.6. The van der Waals surface area contributed by atoms with Gasteiger partial charge in [0.15, 0.2) is 9.84 Å². The molecule has 7 nitrogen and oxygen atoms in total. The van der Waals surface area contributed by atoms with E-state index in [1.54, 1.807) is 13.8 Å². The lowest BCUT2D eigenvalue weighted by Crippen LogP contribution is -2.44. The highest BCUT2D eigenvalue weighted by Crippen LogP contribution is 2.28. The van der Waals surface area contributed by atoms with Gasteiger partial charge in [0.1, 0.15) is 0 Å². The molecule has 0 bridgehead atoms. The summed E-state index contributed by atoms with van der Waals surface area (Å²) < 4.78 is 24.9. The molecule has 1 fully saturated rings. The maximum atomic E-state index is 12.4. The lowest BCUT2D eigenvalue weighted by atomic mass is 10.0. The molecule has 0 radical (unpaired) electrons. The van der Waals surface area contributed by atoms with Gasteiger partial charge >= 0.3 is 0 Å². The van der Waals surface area contributed by atoms with Crippen LogP contribution in [0.25, 0.3) is 0 Å². The van der Waals surface area contributed by atoms with Gasteiger partial charge in [-0.05, 0) is 81.1 Å². The molecule has 1 aliphatic carbocycles. The number of piperazine rings is 1. The Labute approximate surface area is 220 Å². The normalized spacial score (nSPS) is 16.3. The Morgan fingerprint density at radius 2 is 1.68 bits per heavy atom. The minimum Gasteiger partial charge on any atom is -0.369 e. The van der Waals surface area contributed by atoms with Gasteiger partial charge in [-0.3, -0.25) is 0 Å². The summed E-state index contributed by atoms with van der Waals surface area (Å²) in [5.41, 5.74) is 7.53. The van der Waals surface area contributed by atoms with Crippen molar-refractivity contribution in [3.63, 3.8) is 0 Å². The molecule has 0 amide bonds. The number of hydrogen-bond acceptors (Lipinski definition) is 7. The number of aryl methyl sites for hydroxylation is 1. The maximum absolute atomic E-state index is 12.4. The van der Waals surface area contributed by atoms with E-state index in [-0.39, 0.29) is 11.0 Å². The molecule has 0 atom stereocenters. The lowest BCUT2D eigenvalue weighted by Gasteiger charge is -2.34. The third-order valence-electron chi connectivity index (χ3n) is 7.46. The number of likely N-dealkylation sites (N-methyl/N-ethyl adjacent to an activating group) is 1. The smallest absolute Gasteiger partial charge is 0.227 e. The molecule has 1 aromatic heterocycles. The Hall–Kier alpha value is -2.97. The van der Waals surface area contributed by atoms with Crippen LogP contribution in [-0.4, -0.2) is 61.8 Å². The van der Waals surface area contributed by atoms with Gasteiger partial charge in [-0.25, -0.2) is 18.4 Å². The molecule has 2 heterocycles. The SMILES string of the molecule is CC(C)S(=O)(=O)Cc1cccc(Cc2nc(Nc3ccc(N4CCN(C)CC4)cc3)nc3c2CCC3)c1. The van der Waals surface area contributed by atoms with Crippen molar-refractivity contribution in [3.8, 4) is 0 Å². The fraction of sp³-hybridized carbons (Fsp3) is 0.448. The minimum atomic E-state index is -3.15. The molecule has 2 aromatic carbocycles. The molecule has 3 aromatic rings. The Balaban J connectivity index is 1.33. The fourth-order valence-electron chi connectivity index (χ4n) is 5.08. The average Bonchev–Trinajstić information content (AvgIpc) is 3.34. The number of rotatable bonds is 8. The summed E-state index contributed by atoms with van der Waals surface area (Å²) >= 11 is 0. The van der Waals surface area contributed by atoms with E-state index in [9.17, 15) is 8.42 Å². The van der Waals surface area contributed by atoms with Crippen LogP contribution in [0.15, 0.2) is 48.5 Å². The number of nitrogens with zero attached hydrogens (tertiary/aromatic N) is 4. The first-order valence-corrected chi connectivity index (χ1v) is 15.0. The molecule has 2 aliphatic rings. The van der Waals surface area contributed by atoms with Crippen molar-refractivity contribution in [1.82, 2.24) is 14.9 Å². The summed E-state index contributed by atoms with van der Waals surface area (Å²) in [6.45, 7) is 7.73. The van der Waals surface area contributed by atoms with Gasteiger partial charge in [0.05, 0.1) is 16.7 Å². The molecule has 196 valence electrons. The summed E-state index contributed by atoms with van der Waals surface area (Å²) in [6.07, 6.45) is 3.71. The van der Waals surface area contributed by atoms with E-state index in [0.717, 1.165) is 73.6 Å². The highest BCUT2D eigenvalue weighted by Gasteiger charge is 2.21. The summed E-state index contributed by atoms with van der Waals surface area (Å²) in [4.78, 5) is 14.6. The van der Waals surface area contributed by atoms with Crippen LogP contribution in [0.1, 0.15) is 48.3 Å². The Morgan fingerprint density at radius 1 is 0.946 bits per heavy atom. The van der Waals surface area contributed by atoms with E-state index in [0.29, 0.717) is 12.4 Å². The summed E-state index contributed by atoms with van der Waals surface area (Å²) in [5.74, 6) is 0.693. The monoisotopic (exact) mass is 519 g/mol. The molecule has 1 saturated heterocycles. The van der Waals surface area contributed by atoms with E-state index in [1.807, 2.05) is 18.2 Å². The summed E-state index contributed by atoms with van der Waals surface area (Å²) in [7, 11) is -0.976. The lowest BCUT2D eigenvalue weighted by molar-refractivity contribution is 0.313. The van der Waals surface area contributed by atoms with Gasteiger partial charge in [0, 0.05) is 49.7 Å². The van der Waals surface area contributed by atoms with Gasteiger partial charge in [0.25, 0.3) is 0 Å². The molecule has 5 rings (SSSR count). The van der Waals surface area contributed by atoms with Crippen molar-refractivity contribution in [2.75, 3.05) is 43.4 Å². The van der Waals surface area contributed by atoms with Gasteiger partial charge in [-0.15, -0.1) is 0 Å². The van der Waals surface area contributed by atoms with Gasteiger partial charge < -0.3 is 15.1 Å². The zero-order valence-electron chi connectivity index (χ0n) is 22.1. The highest BCUT2D eigenvalue weighted by molar-refractivity contribution is 7.91. The minimum absolute atomic E-state index is 0.0668. The first-order chi connectivity index (χ1) is 17.8. The summed E-state index contributed by atoms with van der Waals surface area (Å²) in [6, 6.07) is 16.4. The largest absolute Gasteiger partial charge is 0.369 e. The molecule has 0 saturated carbocycles. The number of fused-ring (bicyclic) bond motifs is 1. The van der Waals surface area contributed by atoms with E-state index >= 15 is 0 Å². The molecule has 1 aliphatic heterocycles. The number of sulfone groups is 1. The first-order valence-electron chi connectivity index (χ1n) is 13.3. The second-order valence-corrected chi connectivity index (χ2v) is 13.1. The predicted octanol–water partition coefficient (Wildman–Crippen LogP) is 4.37. The van der Waals surface area contributed by atoms with Gasteiger partial charge in [0.2, 0.25) is 5.95 Å². The Bertz CT molecular complexity index is 1350. The number of benzene rings is 2. The molecule has 0 unspecified atom stereocenters. The molecular weight excluding hydrogens is 482 g/mol. The third-order valence-corrected chi connectivity index (χ3v) is 9.63. The zero-order valence-corrected chi connectivity index (χ0v) is 22.9. The van der Waals surface area contributed by atoms with Crippen LogP contribution in [0.4, 0.5) is 17.3 Å². The molecule has 8 heteroatoms. The van der Waals surface area contributed by atoms with Crippen LogP contribution in [0.3, 0.4) is 0 Å². The first kappa shape index (κ1) is 25.7. The van der Waals surface area contributed by atoms with Crippen molar-refractivity contribution in [1.29, 1.82) is 0 Å². The van der Waals surface area contributed by atoms with Crippen molar-refractivity contribution in [2.45, 2.75) is 50.5 Å². The fourth-order valence-corrected chi connectivity index (χ4v) is 6.06. The van der Waals surface area contributed by atoms with E-state index in [2.05, 4.69) is 52.5 Å².